The number of hydrazine groups is 1. The first kappa shape index (κ1) is 19.4. The molecule has 0 radical (unpaired) electrons. The zero-order valence-corrected chi connectivity index (χ0v) is 15.9. The number of aliphatic hydroxyl groups is 1. The molecule has 1 saturated heterocycles. The van der Waals surface area contributed by atoms with Crippen LogP contribution in [0.3, 0.4) is 0 Å². The number of rotatable bonds is 8. The fraction of sp³-hybridized carbons (Fsp3) is 0.700. The van der Waals surface area contributed by atoms with Crippen molar-refractivity contribution in [2.75, 3.05) is 13.1 Å². The van der Waals surface area contributed by atoms with Gasteiger partial charge >= 0.3 is 0 Å². The molecule has 0 saturated carbocycles. The van der Waals surface area contributed by atoms with Crippen LogP contribution in [0.2, 0.25) is 0 Å². The van der Waals surface area contributed by atoms with Gasteiger partial charge in [-0.05, 0) is 70.6 Å². The highest BCUT2D eigenvalue weighted by molar-refractivity contribution is 5.32. The fourth-order valence-corrected chi connectivity index (χ4v) is 3.33. The molecule has 0 amide bonds. The molecule has 1 aliphatic rings. The van der Waals surface area contributed by atoms with E-state index in [2.05, 4.69) is 55.1 Å². The minimum atomic E-state index is -0.548. The summed E-state index contributed by atoms with van der Waals surface area (Å²) >= 11 is 0. The van der Waals surface area contributed by atoms with E-state index < -0.39 is 5.60 Å². The normalized spacial score (nSPS) is 22.8. The van der Waals surface area contributed by atoms with Crippen LogP contribution in [0.5, 0.6) is 0 Å². The first-order chi connectivity index (χ1) is 11.3. The molecule has 3 atom stereocenters. The van der Waals surface area contributed by atoms with Gasteiger partial charge in [0, 0.05) is 25.0 Å². The van der Waals surface area contributed by atoms with E-state index in [-0.39, 0.29) is 0 Å². The van der Waals surface area contributed by atoms with Crippen molar-refractivity contribution in [3.05, 3.63) is 34.9 Å². The second kappa shape index (κ2) is 8.43. The lowest BCUT2D eigenvalue weighted by atomic mass is 9.92. The van der Waals surface area contributed by atoms with Crippen molar-refractivity contribution in [1.29, 1.82) is 0 Å². The fourth-order valence-electron chi connectivity index (χ4n) is 3.33. The molecule has 24 heavy (non-hydrogen) atoms. The van der Waals surface area contributed by atoms with Crippen LogP contribution in [-0.4, -0.2) is 29.8 Å². The molecule has 4 nitrogen and oxygen atoms in total. The predicted molar refractivity (Wildman–Crippen MR) is 101 cm³/mol. The van der Waals surface area contributed by atoms with Gasteiger partial charge in [-0.15, -0.1) is 0 Å². The first-order valence-corrected chi connectivity index (χ1v) is 9.27. The molecular formula is C20H35N3O. The Morgan fingerprint density at radius 1 is 1.29 bits per heavy atom. The van der Waals surface area contributed by atoms with E-state index in [9.17, 15) is 5.11 Å². The smallest absolute Gasteiger partial charge is 0.0591 e. The molecule has 3 unspecified atom stereocenters. The monoisotopic (exact) mass is 333 g/mol. The van der Waals surface area contributed by atoms with Gasteiger partial charge in [0.1, 0.15) is 0 Å². The summed E-state index contributed by atoms with van der Waals surface area (Å²) < 4.78 is 0. The van der Waals surface area contributed by atoms with Gasteiger partial charge in [-0.2, -0.15) is 0 Å². The maximum Gasteiger partial charge on any atom is 0.0591 e. The molecule has 0 spiro atoms. The van der Waals surface area contributed by atoms with E-state index in [1.54, 1.807) is 0 Å². The highest BCUT2D eigenvalue weighted by Crippen LogP contribution is 2.26. The third kappa shape index (κ3) is 5.85. The van der Waals surface area contributed by atoms with Crippen molar-refractivity contribution < 1.29 is 5.11 Å². The van der Waals surface area contributed by atoms with Crippen LogP contribution in [0.25, 0.3) is 0 Å². The van der Waals surface area contributed by atoms with E-state index in [0.29, 0.717) is 18.0 Å². The number of hydrogen-bond donors (Lipinski definition) is 4. The molecule has 4 N–H and O–H groups in total. The Labute approximate surface area is 147 Å². The molecule has 1 aliphatic heterocycles. The molecule has 1 heterocycles. The molecule has 1 fully saturated rings. The molecule has 0 bridgehead atoms. The van der Waals surface area contributed by atoms with Crippen LogP contribution in [0, 0.1) is 19.8 Å². The molecule has 0 aromatic heterocycles. The summed E-state index contributed by atoms with van der Waals surface area (Å²) in [5, 5.41) is 13.5. The van der Waals surface area contributed by atoms with E-state index in [4.69, 9.17) is 0 Å². The van der Waals surface area contributed by atoms with Crippen LogP contribution < -0.4 is 16.2 Å². The van der Waals surface area contributed by atoms with Crippen molar-refractivity contribution in [2.24, 2.45) is 5.92 Å². The Bertz CT molecular complexity index is 524. The zero-order chi connectivity index (χ0) is 17.7. The third-order valence-corrected chi connectivity index (χ3v) is 5.14. The van der Waals surface area contributed by atoms with Crippen LogP contribution in [-0.2, 0) is 0 Å². The summed E-state index contributed by atoms with van der Waals surface area (Å²) in [5.41, 5.74) is 10.3. The maximum atomic E-state index is 9.80. The van der Waals surface area contributed by atoms with Gasteiger partial charge in [0.05, 0.1) is 11.6 Å². The van der Waals surface area contributed by atoms with Gasteiger partial charge in [0.15, 0.2) is 0 Å². The summed E-state index contributed by atoms with van der Waals surface area (Å²) in [4.78, 5) is 0. The molecule has 1 aromatic rings. The molecular weight excluding hydrogens is 298 g/mol. The van der Waals surface area contributed by atoms with Gasteiger partial charge in [0.25, 0.3) is 0 Å². The lowest BCUT2D eigenvalue weighted by molar-refractivity contribution is 0.0675. The minimum absolute atomic E-state index is 0.361. The number of hydrogen-bond acceptors (Lipinski definition) is 4. The van der Waals surface area contributed by atoms with E-state index in [0.717, 1.165) is 32.4 Å². The summed E-state index contributed by atoms with van der Waals surface area (Å²) in [6.45, 7) is 12.3. The SMILES string of the molecule is Cc1ccc(C2NNCC2CNC(C)CCCC(C)(C)O)cc1C. The predicted octanol–water partition coefficient (Wildman–Crippen LogP) is 2.99. The average molecular weight is 334 g/mol. The first-order valence-electron chi connectivity index (χ1n) is 9.27. The second-order valence-corrected chi connectivity index (χ2v) is 8.12. The van der Waals surface area contributed by atoms with Gasteiger partial charge in [-0.3, -0.25) is 5.43 Å². The highest BCUT2D eigenvalue weighted by atomic mass is 16.3. The Kier molecular flexibility index (Phi) is 6.81. The van der Waals surface area contributed by atoms with Crippen LogP contribution >= 0.6 is 0 Å². The molecule has 0 aliphatic carbocycles. The number of nitrogens with one attached hydrogen (secondary N) is 3. The van der Waals surface area contributed by atoms with Gasteiger partial charge in [-0.25, -0.2) is 5.43 Å². The lowest BCUT2D eigenvalue weighted by Crippen LogP contribution is -2.34. The summed E-state index contributed by atoms with van der Waals surface area (Å²) in [6, 6.07) is 7.61. The number of benzene rings is 1. The molecule has 4 heteroatoms. The van der Waals surface area contributed by atoms with Crippen molar-refractivity contribution in [1.82, 2.24) is 16.2 Å². The Balaban J connectivity index is 1.82. The van der Waals surface area contributed by atoms with Crippen LogP contribution in [0.1, 0.15) is 62.8 Å². The maximum absolute atomic E-state index is 9.80. The standard InChI is InChI=1S/C20H35N3O/c1-14-8-9-17(11-15(14)2)19-18(13-22-23-19)12-21-16(3)7-6-10-20(4,5)24/h8-9,11,16,18-19,21-24H,6-7,10,12-13H2,1-5H3. The lowest BCUT2D eigenvalue weighted by Gasteiger charge is -2.23. The largest absolute Gasteiger partial charge is 0.390 e. The van der Waals surface area contributed by atoms with Gasteiger partial charge in [0.2, 0.25) is 0 Å². The molecule has 1 aromatic carbocycles. The highest BCUT2D eigenvalue weighted by Gasteiger charge is 2.28. The quantitative estimate of drug-likeness (QED) is 0.591. The zero-order valence-electron chi connectivity index (χ0n) is 15.9. The van der Waals surface area contributed by atoms with Crippen molar-refractivity contribution in [3.8, 4) is 0 Å². The average Bonchev–Trinajstić information content (AvgIpc) is 2.95. The van der Waals surface area contributed by atoms with Crippen LogP contribution in [0.15, 0.2) is 18.2 Å². The Hall–Kier alpha value is -0.940. The Morgan fingerprint density at radius 3 is 2.71 bits per heavy atom. The van der Waals surface area contributed by atoms with Gasteiger partial charge < -0.3 is 10.4 Å². The van der Waals surface area contributed by atoms with Crippen molar-refractivity contribution in [2.45, 2.75) is 71.6 Å². The minimum Gasteiger partial charge on any atom is -0.390 e. The topological polar surface area (TPSA) is 56.3 Å². The molecule has 136 valence electrons. The van der Waals surface area contributed by atoms with E-state index in [1.807, 2.05) is 13.8 Å². The van der Waals surface area contributed by atoms with E-state index in [1.165, 1.54) is 16.7 Å². The molecule has 2 rings (SSSR count). The van der Waals surface area contributed by atoms with Gasteiger partial charge in [-0.1, -0.05) is 18.2 Å². The Morgan fingerprint density at radius 2 is 2.04 bits per heavy atom. The number of aryl methyl sites for hydroxylation is 2. The summed E-state index contributed by atoms with van der Waals surface area (Å²) in [5.74, 6) is 0.545. The van der Waals surface area contributed by atoms with E-state index >= 15 is 0 Å². The van der Waals surface area contributed by atoms with Crippen molar-refractivity contribution >= 4 is 0 Å². The summed E-state index contributed by atoms with van der Waals surface area (Å²) in [6.07, 6.45) is 3.02. The summed E-state index contributed by atoms with van der Waals surface area (Å²) in [7, 11) is 0. The third-order valence-electron chi connectivity index (χ3n) is 5.14. The van der Waals surface area contributed by atoms with Crippen LogP contribution in [0.4, 0.5) is 0 Å². The second-order valence-electron chi connectivity index (χ2n) is 8.12. The van der Waals surface area contributed by atoms with Crippen molar-refractivity contribution in [3.63, 3.8) is 0 Å².